The van der Waals surface area contributed by atoms with Gasteiger partial charge >= 0.3 is 0 Å². The van der Waals surface area contributed by atoms with E-state index in [1.165, 1.54) is 0 Å². The highest BCUT2D eigenvalue weighted by atomic mass is 79.9. The lowest BCUT2D eigenvalue weighted by molar-refractivity contribution is -0.126. The van der Waals surface area contributed by atoms with Crippen LogP contribution in [0.5, 0.6) is 0 Å². The Labute approximate surface area is 144 Å². The van der Waals surface area contributed by atoms with Crippen molar-refractivity contribution in [3.8, 4) is 0 Å². The molecule has 4 nitrogen and oxygen atoms in total. The van der Waals surface area contributed by atoms with Crippen molar-refractivity contribution in [2.24, 2.45) is 5.92 Å². The van der Waals surface area contributed by atoms with Crippen molar-refractivity contribution in [1.82, 2.24) is 5.32 Å². The molecule has 1 aromatic carbocycles. The molecule has 2 fully saturated rings. The lowest BCUT2D eigenvalue weighted by Crippen LogP contribution is -2.50. The topological polar surface area (TPSA) is 66.4 Å². The molecule has 1 saturated heterocycles. The molecule has 1 amide bonds. The smallest absolute Gasteiger partial charge is 0.235 e. The number of amides is 1. The number of aryl methyl sites for hydroxylation is 1. The standard InChI is InChI=1S/C18H22BrNO3/c1-10-5-6-13(19)11(2)14(10)15-16(22)18(20-17(15)23)7-3-4-12(8-18)9-21/h5-6,12,15,21H,3-4,7-9H2,1-2H3,(H,20,23)/t12-,15?,18+/m1/s1. The van der Waals surface area contributed by atoms with Crippen LogP contribution < -0.4 is 5.32 Å². The Bertz CT molecular complexity index is 672. The second kappa shape index (κ2) is 6.02. The molecule has 1 spiro atoms. The van der Waals surface area contributed by atoms with Crippen LogP contribution in [0.15, 0.2) is 16.6 Å². The largest absolute Gasteiger partial charge is 0.396 e. The number of nitrogens with one attached hydrogen (secondary N) is 1. The minimum absolute atomic E-state index is 0.0232. The van der Waals surface area contributed by atoms with Gasteiger partial charge in [0.25, 0.3) is 0 Å². The summed E-state index contributed by atoms with van der Waals surface area (Å²) < 4.78 is 0.913. The number of hydrogen-bond acceptors (Lipinski definition) is 3. The maximum absolute atomic E-state index is 13.2. The van der Waals surface area contributed by atoms with Crippen molar-refractivity contribution < 1.29 is 14.7 Å². The fourth-order valence-electron chi connectivity index (χ4n) is 4.19. The molecule has 23 heavy (non-hydrogen) atoms. The van der Waals surface area contributed by atoms with Gasteiger partial charge in [-0.1, -0.05) is 28.4 Å². The van der Waals surface area contributed by atoms with E-state index in [0.717, 1.165) is 34.0 Å². The van der Waals surface area contributed by atoms with Gasteiger partial charge in [0.2, 0.25) is 5.91 Å². The third kappa shape index (κ3) is 2.64. The predicted molar refractivity (Wildman–Crippen MR) is 91.3 cm³/mol. The van der Waals surface area contributed by atoms with Crippen LogP contribution in [-0.2, 0) is 9.59 Å². The zero-order valence-electron chi connectivity index (χ0n) is 13.5. The fourth-order valence-corrected chi connectivity index (χ4v) is 4.54. The van der Waals surface area contributed by atoms with E-state index in [1.807, 2.05) is 26.0 Å². The normalized spacial score (nSPS) is 30.8. The van der Waals surface area contributed by atoms with Crippen molar-refractivity contribution >= 4 is 27.6 Å². The van der Waals surface area contributed by atoms with Crippen molar-refractivity contribution in [1.29, 1.82) is 0 Å². The minimum atomic E-state index is -0.783. The Balaban J connectivity index is 2.02. The number of benzene rings is 1. The van der Waals surface area contributed by atoms with E-state index < -0.39 is 11.5 Å². The number of hydrogen-bond donors (Lipinski definition) is 2. The van der Waals surface area contributed by atoms with Crippen LogP contribution in [0.4, 0.5) is 0 Å². The van der Waals surface area contributed by atoms with Crippen LogP contribution in [0.1, 0.15) is 48.3 Å². The molecule has 1 saturated carbocycles. The van der Waals surface area contributed by atoms with Gasteiger partial charge in [-0.2, -0.15) is 0 Å². The first-order valence-electron chi connectivity index (χ1n) is 8.12. The van der Waals surface area contributed by atoms with Crippen LogP contribution in [0.2, 0.25) is 0 Å². The highest BCUT2D eigenvalue weighted by Crippen LogP contribution is 2.43. The molecule has 0 bridgehead atoms. The molecule has 5 heteroatoms. The predicted octanol–water partition coefficient (Wildman–Crippen LogP) is 2.77. The molecule has 1 aliphatic carbocycles. The minimum Gasteiger partial charge on any atom is -0.396 e. The molecule has 1 unspecified atom stereocenters. The van der Waals surface area contributed by atoms with Crippen molar-refractivity contribution in [2.45, 2.75) is 51.0 Å². The van der Waals surface area contributed by atoms with Crippen LogP contribution in [-0.4, -0.2) is 28.9 Å². The maximum atomic E-state index is 13.2. The molecule has 1 heterocycles. The van der Waals surface area contributed by atoms with Crippen LogP contribution in [0.25, 0.3) is 0 Å². The highest BCUT2D eigenvalue weighted by Gasteiger charge is 2.55. The van der Waals surface area contributed by atoms with Gasteiger partial charge in [0.15, 0.2) is 5.78 Å². The number of halogens is 1. The van der Waals surface area contributed by atoms with Crippen LogP contribution in [0.3, 0.4) is 0 Å². The highest BCUT2D eigenvalue weighted by molar-refractivity contribution is 9.10. The van der Waals surface area contributed by atoms with E-state index in [1.54, 1.807) is 0 Å². The molecule has 3 rings (SSSR count). The Hall–Kier alpha value is -1.20. The molecule has 1 aliphatic heterocycles. The number of Topliss-reactive ketones (excluding diaryl/α,β-unsaturated/α-hetero) is 1. The zero-order valence-corrected chi connectivity index (χ0v) is 15.1. The second-order valence-corrected chi connectivity index (χ2v) is 7.77. The molecule has 2 aliphatic rings. The number of aliphatic hydroxyl groups is 1. The number of carbonyl (C=O) groups is 2. The zero-order chi connectivity index (χ0) is 16.8. The van der Waals surface area contributed by atoms with E-state index in [-0.39, 0.29) is 24.2 Å². The Morgan fingerprint density at radius 3 is 2.78 bits per heavy atom. The summed E-state index contributed by atoms with van der Waals surface area (Å²) in [6, 6.07) is 3.89. The van der Waals surface area contributed by atoms with E-state index in [2.05, 4.69) is 21.2 Å². The second-order valence-electron chi connectivity index (χ2n) is 6.92. The summed E-state index contributed by atoms with van der Waals surface area (Å²) in [4.78, 5) is 25.8. The van der Waals surface area contributed by atoms with Crippen molar-refractivity contribution in [2.75, 3.05) is 6.61 Å². The quantitative estimate of drug-likeness (QED) is 0.776. The molecular weight excluding hydrogens is 358 g/mol. The van der Waals surface area contributed by atoms with Gasteiger partial charge in [-0.15, -0.1) is 0 Å². The van der Waals surface area contributed by atoms with Gasteiger partial charge in [0.1, 0.15) is 11.5 Å². The van der Waals surface area contributed by atoms with E-state index >= 15 is 0 Å². The van der Waals surface area contributed by atoms with Gasteiger partial charge in [0.05, 0.1) is 0 Å². The summed E-state index contributed by atoms with van der Waals surface area (Å²) in [5.74, 6) is -0.857. The maximum Gasteiger partial charge on any atom is 0.235 e. The number of aliphatic hydroxyl groups excluding tert-OH is 1. The molecule has 3 atom stereocenters. The fraction of sp³-hybridized carbons (Fsp3) is 0.556. The van der Waals surface area contributed by atoms with Crippen LogP contribution >= 0.6 is 15.9 Å². The Morgan fingerprint density at radius 2 is 2.09 bits per heavy atom. The number of rotatable bonds is 2. The van der Waals surface area contributed by atoms with E-state index in [0.29, 0.717) is 12.8 Å². The van der Waals surface area contributed by atoms with E-state index in [4.69, 9.17) is 0 Å². The van der Waals surface area contributed by atoms with Crippen molar-refractivity contribution in [3.63, 3.8) is 0 Å². The molecule has 0 aromatic heterocycles. The van der Waals surface area contributed by atoms with Gasteiger partial charge < -0.3 is 10.4 Å². The van der Waals surface area contributed by atoms with Crippen molar-refractivity contribution in [3.05, 3.63) is 33.3 Å². The summed E-state index contributed by atoms with van der Waals surface area (Å²) >= 11 is 3.50. The molecular formula is C18H22BrNO3. The monoisotopic (exact) mass is 379 g/mol. The SMILES string of the molecule is Cc1ccc(Br)c(C)c1C1C(=O)N[C@]2(CCC[C@@H](CO)C2)C1=O. The summed E-state index contributed by atoms with van der Waals surface area (Å²) in [6.45, 7) is 3.96. The summed E-state index contributed by atoms with van der Waals surface area (Å²) in [7, 11) is 0. The first kappa shape index (κ1) is 16.7. The first-order valence-corrected chi connectivity index (χ1v) is 8.92. The Morgan fingerprint density at radius 1 is 1.35 bits per heavy atom. The average molecular weight is 380 g/mol. The third-order valence-corrected chi connectivity index (χ3v) is 6.28. The summed E-state index contributed by atoms with van der Waals surface area (Å²) in [5, 5.41) is 12.5. The molecule has 1 aromatic rings. The van der Waals surface area contributed by atoms with E-state index in [9.17, 15) is 14.7 Å². The van der Waals surface area contributed by atoms with Gasteiger partial charge in [-0.3, -0.25) is 9.59 Å². The average Bonchev–Trinajstić information content (AvgIpc) is 2.75. The van der Waals surface area contributed by atoms with Gasteiger partial charge in [-0.25, -0.2) is 0 Å². The molecule has 124 valence electrons. The van der Waals surface area contributed by atoms with Gasteiger partial charge in [0, 0.05) is 11.1 Å². The third-order valence-electron chi connectivity index (χ3n) is 5.43. The first-order chi connectivity index (χ1) is 10.9. The van der Waals surface area contributed by atoms with Crippen LogP contribution in [0, 0.1) is 19.8 Å². The lowest BCUT2D eigenvalue weighted by Gasteiger charge is -2.36. The summed E-state index contributed by atoms with van der Waals surface area (Å²) in [6.07, 6.45) is 3.01. The molecule has 0 radical (unpaired) electrons. The van der Waals surface area contributed by atoms with Gasteiger partial charge in [-0.05, 0) is 61.8 Å². The number of ketones is 1. The lowest BCUT2D eigenvalue weighted by atomic mass is 9.72. The Kier molecular flexibility index (Phi) is 4.36. The number of carbonyl (C=O) groups excluding carboxylic acids is 2. The summed E-state index contributed by atoms with van der Waals surface area (Å²) in [5.41, 5.74) is 1.95. The molecule has 2 N–H and O–H groups in total.